The van der Waals surface area contributed by atoms with Gasteiger partial charge in [-0.2, -0.15) is 4.57 Å². The van der Waals surface area contributed by atoms with Crippen LogP contribution >= 0.6 is 0 Å². The zero-order valence-corrected chi connectivity index (χ0v) is 6.13. The van der Waals surface area contributed by atoms with E-state index in [9.17, 15) is 4.79 Å². The van der Waals surface area contributed by atoms with Gasteiger partial charge in [-0.25, -0.2) is 4.79 Å². The minimum Gasteiger partial charge on any atom is -1.00 e. The van der Waals surface area contributed by atoms with E-state index in [1.54, 1.807) is 12.4 Å². The number of imidazole rings is 1. The number of hydrogen-bond donors (Lipinski definition) is 2. The summed E-state index contributed by atoms with van der Waals surface area (Å²) in [6.07, 6.45) is 4.63. The lowest BCUT2D eigenvalue weighted by Gasteiger charge is -1.78. The van der Waals surface area contributed by atoms with E-state index in [1.807, 2.05) is 0 Å². The molecule has 0 aliphatic rings. The summed E-state index contributed by atoms with van der Waals surface area (Å²) < 4.78 is 1.25. The number of nitrogens with one attached hydrogen (secondary N) is 1. The van der Waals surface area contributed by atoms with E-state index in [2.05, 4.69) is 4.98 Å². The third kappa shape index (κ3) is 1.85. The molecule has 0 radical (unpaired) electrons. The zero-order valence-electron chi connectivity index (χ0n) is 4.54. The van der Waals surface area contributed by atoms with E-state index < -0.39 is 6.03 Å². The fourth-order valence-corrected chi connectivity index (χ4v) is 0.427. The summed E-state index contributed by atoms with van der Waals surface area (Å²) in [5.41, 5.74) is 4.86. The number of carbonyl (C=O) groups excluding carboxylic acids is 1. The Labute approximate surface area is 62.4 Å². The molecule has 0 spiro atoms. The maximum atomic E-state index is 10.2. The highest BCUT2D eigenvalue weighted by atomic mass is 79.9. The molecule has 9 heavy (non-hydrogen) atoms. The second kappa shape index (κ2) is 3.24. The van der Waals surface area contributed by atoms with Gasteiger partial charge >= 0.3 is 6.03 Å². The summed E-state index contributed by atoms with van der Waals surface area (Å²) in [7, 11) is 0. The van der Waals surface area contributed by atoms with Crippen molar-refractivity contribution in [3.8, 4) is 0 Å². The predicted molar refractivity (Wildman–Crippen MR) is 26.0 cm³/mol. The van der Waals surface area contributed by atoms with Gasteiger partial charge in [-0.15, -0.1) is 0 Å². The van der Waals surface area contributed by atoms with Crippen LogP contribution < -0.4 is 27.3 Å². The molecule has 5 heteroatoms. The largest absolute Gasteiger partial charge is 1.00 e. The Balaban J connectivity index is 0.000000640. The molecule has 0 saturated heterocycles. The van der Waals surface area contributed by atoms with Gasteiger partial charge in [-0.3, -0.25) is 10.7 Å². The first-order valence-electron chi connectivity index (χ1n) is 2.14. The summed E-state index contributed by atoms with van der Waals surface area (Å²) in [4.78, 5) is 12.9. The van der Waals surface area contributed by atoms with Gasteiger partial charge in [0.2, 0.25) is 0 Å². The predicted octanol–water partition coefficient (Wildman–Crippen LogP) is -3.77. The molecule has 0 aromatic carbocycles. The average Bonchev–Trinajstić information content (AvgIpc) is 2.12. The number of aromatic nitrogens is 2. The van der Waals surface area contributed by atoms with Gasteiger partial charge in [-0.05, 0) is 0 Å². The Morgan fingerprint density at radius 1 is 1.67 bits per heavy atom. The minimum atomic E-state index is -0.480. The van der Waals surface area contributed by atoms with Crippen molar-refractivity contribution < 1.29 is 26.3 Å². The van der Waals surface area contributed by atoms with Crippen LogP contribution in [-0.2, 0) is 0 Å². The molecule has 0 unspecified atom stereocenters. The topological polar surface area (TPSA) is 62.8 Å². The van der Waals surface area contributed by atoms with Crippen LogP contribution in [0, 0.1) is 0 Å². The molecule has 0 atom stereocenters. The molecule has 0 fully saturated rings. The Hall–Kier alpha value is -0.840. The number of amides is 1. The molecule has 1 amide bonds. The molecular weight excluding hydrogens is 186 g/mol. The van der Waals surface area contributed by atoms with E-state index in [-0.39, 0.29) is 17.0 Å². The van der Waals surface area contributed by atoms with Gasteiger partial charge in [0.1, 0.15) is 6.20 Å². The van der Waals surface area contributed by atoms with Gasteiger partial charge in [0, 0.05) is 0 Å². The molecule has 0 aliphatic carbocycles. The van der Waals surface area contributed by atoms with Gasteiger partial charge in [-0.1, -0.05) is 0 Å². The number of nitrogens with zero attached hydrogens (tertiary/aromatic N) is 1. The first-order chi connectivity index (χ1) is 3.80. The number of hydrogen-bond acceptors (Lipinski definition) is 1. The number of primary amides is 1. The average molecular weight is 192 g/mol. The summed E-state index contributed by atoms with van der Waals surface area (Å²) in [5.74, 6) is 0. The number of nitrogens with two attached hydrogens (primary N) is 1. The molecule has 4 nitrogen and oxygen atoms in total. The van der Waals surface area contributed by atoms with Crippen LogP contribution in [0.3, 0.4) is 0 Å². The Morgan fingerprint density at radius 3 is 2.56 bits per heavy atom. The fourth-order valence-electron chi connectivity index (χ4n) is 0.427. The zero-order chi connectivity index (χ0) is 5.98. The van der Waals surface area contributed by atoms with Crippen LogP contribution in [0.5, 0.6) is 0 Å². The number of rotatable bonds is 0. The Kier molecular flexibility index (Phi) is 2.94. The molecule has 1 rings (SSSR count). The molecule has 1 aromatic heterocycles. The summed E-state index contributed by atoms with van der Waals surface area (Å²) >= 11 is 0. The van der Waals surface area contributed by atoms with Gasteiger partial charge in [0.25, 0.3) is 0 Å². The third-order valence-electron chi connectivity index (χ3n) is 0.799. The molecule has 0 aliphatic heterocycles. The maximum Gasteiger partial charge on any atom is 0.438 e. The fraction of sp³-hybridized carbons (Fsp3) is 0. The van der Waals surface area contributed by atoms with Crippen molar-refractivity contribution in [3.63, 3.8) is 0 Å². The monoisotopic (exact) mass is 191 g/mol. The highest BCUT2D eigenvalue weighted by Crippen LogP contribution is 1.64. The molecule has 0 saturated carbocycles. The van der Waals surface area contributed by atoms with E-state index in [4.69, 9.17) is 5.73 Å². The Morgan fingerprint density at radius 2 is 2.33 bits per heavy atom. The molecule has 1 aromatic rings. The van der Waals surface area contributed by atoms with Crippen molar-refractivity contribution in [1.29, 1.82) is 0 Å². The van der Waals surface area contributed by atoms with E-state index in [0.29, 0.717) is 0 Å². The third-order valence-corrected chi connectivity index (χ3v) is 0.799. The lowest BCUT2D eigenvalue weighted by atomic mass is 10.9. The van der Waals surface area contributed by atoms with Crippen LogP contribution in [0.25, 0.3) is 0 Å². The van der Waals surface area contributed by atoms with E-state index in [0.717, 1.165) is 0 Å². The van der Waals surface area contributed by atoms with E-state index in [1.165, 1.54) is 10.9 Å². The molecule has 50 valence electrons. The lowest BCUT2D eigenvalue weighted by molar-refractivity contribution is -0.568. The smallest absolute Gasteiger partial charge is 0.438 e. The number of aromatic amines is 1. The van der Waals surface area contributed by atoms with Gasteiger partial charge < -0.3 is 17.0 Å². The first-order valence-corrected chi connectivity index (χ1v) is 2.14. The normalized spacial score (nSPS) is 8.00. The summed E-state index contributed by atoms with van der Waals surface area (Å²) in [6.45, 7) is 0. The summed E-state index contributed by atoms with van der Waals surface area (Å²) in [5, 5.41) is 0. The van der Waals surface area contributed by atoms with Gasteiger partial charge in [0.05, 0.1) is 6.20 Å². The van der Waals surface area contributed by atoms with Crippen molar-refractivity contribution in [2.75, 3.05) is 0 Å². The first kappa shape index (κ1) is 8.16. The van der Waals surface area contributed by atoms with Crippen molar-refractivity contribution in [1.82, 2.24) is 4.98 Å². The minimum absolute atomic E-state index is 0. The van der Waals surface area contributed by atoms with Gasteiger partial charge in [0.15, 0.2) is 6.33 Å². The molecule has 0 bridgehead atoms. The second-order valence-electron chi connectivity index (χ2n) is 1.36. The SMILES string of the molecule is NC(=O)[n+]1cc[nH]c1.[Br-]. The van der Waals surface area contributed by atoms with Crippen molar-refractivity contribution in [3.05, 3.63) is 18.7 Å². The quantitative estimate of drug-likeness (QED) is 0.407. The van der Waals surface area contributed by atoms with E-state index >= 15 is 0 Å². The summed E-state index contributed by atoms with van der Waals surface area (Å²) in [6, 6.07) is -0.480. The molecule has 3 N–H and O–H groups in total. The standard InChI is InChI=1S/C4H5N3O.BrH/c5-4(8)7-2-1-6-3-7;/h1-3H,(H2,5,8);1H. The van der Waals surface area contributed by atoms with Crippen molar-refractivity contribution in [2.24, 2.45) is 5.73 Å². The number of H-pyrrole nitrogens is 1. The van der Waals surface area contributed by atoms with Crippen LogP contribution in [0.2, 0.25) is 0 Å². The maximum absolute atomic E-state index is 10.2. The molecular formula is C4H6BrN3O. The highest BCUT2D eigenvalue weighted by molar-refractivity contribution is 5.61. The lowest BCUT2D eigenvalue weighted by Crippen LogP contribution is -3.00. The van der Waals surface area contributed by atoms with Crippen LogP contribution in [-0.4, -0.2) is 11.0 Å². The van der Waals surface area contributed by atoms with Crippen molar-refractivity contribution >= 4 is 6.03 Å². The van der Waals surface area contributed by atoms with Crippen LogP contribution in [0.15, 0.2) is 18.7 Å². The van der Waals surface area contributed by atoms with Crippen molar-refractivity contribution in [2.45, 2.75) is 0 Å². The van der Waals surface area contributed by atoms with Crippen LogP contribution in [0.4, 0.5) is 4.79 Å². The second-order valence-corrected chi connectivity index (χ2v) is 1.36. The molecule has 1 heterocycles. The number of halogens is 1. The highest BCUT2D eigenvalue weighted by Gasteiger charge is 1.99. The van der Waals surface area contributed by atoms with Crippen LogP contribution in [0.1, 0.15) is 0 Å². The number of carbonyl (C=O) groups is 1. The Bertz CT molecular complexity index is 184.